The number of anilines is 1. The third-order valence-electron chi connectivity index (χ3n) is 2.54. The van der Waals surface area contributed by atoms with Gasteiger partial charge in [0.1, 0.15) is 0 Å². The summed E-state index contributed by atoms with van der Waals surface area (Å²) in [6, 6.07) is 12.2. The molecule has 0 bridgehead atoms. The molecule has 0 aliphatic rings. The largest absolute Gasteiger partial charge is 0.321 e. The molecule has 0 aromatic heterocycles. The molecule has 0 fully saturated rings. The molecule has 0 aliphatic carbocycles. The minimum atomic E-state index is -0.254. The Morgan fingerprint density at radius 1 is 1.11 bits per heavy atom. The second-order valence-corrected chi connectivity index (χ2v) is 4.94. The lowest BCUT2D eigenvalue weighted by Crippen LogP contribution is -2.12. The fourth-order valence-corrected chi connectivity index (χ4v) is 2.10. The smallest absolute Gasteiger partial charge is 0.255 e. The van der Waals surface area contributed by atoms with E-state index in [1.165, 1.54) is 0 Å². The predicted octanol–water partition coefficient (Wildman–Crippen LogP) is 4.98. The van der Waals surface area contributed by atoms with Crippen LogP contribution in [0.3, 0.4) is 0 Å². The number of hydrogen-bond acceptors (Lipinski definition) is 1. The van der Waals surface area contributed by atoms with Gasteiger partial charge in [-0.25, -0.2) is 0 Å². The van der Waals surface area contributed by atoms with Crippen LogP contribution in [0.4, 0.5) is 5.69 Å². The van der Waals surface area contributed by atoms with Crippen molar-refractivity contribution < 1.29 is 4.79 Å². The Morgan fingerprint density at radius 2 is 1.84 bits per heavy atom. The summed E-state index contributed by atoms with van der Waals surface area (Å²) in [5, 5.41) is 3.44. The van der Waals surface area contributed by atoms with Crippen molar-refractivity contribution in [2.45, 2.75) is 5.88 Å². The van der Waals surface area contributed by atoms with Crippen LogP contribution in [0, 0.1) is 0 Å². The molecule has 0 saturated carbocycles. The molecule has 19 heavy (non-hydrogen) atoms. The number of alkyl halides is 1. The quantitative estimate of drug-likeness (QED) is 0.795. The van der Waals surface area contributed by atoms with Crippen molar-refractivity contribution in [3.8, 4) is 0 Å². The maximum Gasteiger partial charge on any atom is 0.255 e. The van der Waals surface area contributed by atoms with Gasteiger partial charge in [-0.3, -0.25) is 4.79 Å². The van der Waals surface area contributed by atoms with Gasteiger partial charge in [0.05, 0.1) is 15.7 Å². The fourth-order valence-electron chi connectivity index (χ4n) is 1.59. The number of hydrogen-bond donors (Lipinski definition) is 1. The molecule has 0 aliphatic heterocycles. The lowest BCUT2D eigenvalue weighted by atomic mass is 10.1. The summed E-state index contributed by atoms with van der Waals surface area (Å²) >= 11 is 17.6. The van der Waals surface area contributed by atoms with Gasteiger partial charge >= 0.3 is 0 Å². The van der Waals surface area contributed by atoms with E-state index in [0.717, 1.165) is 5.56 Å². The highest BCUT2D eigenvalue weighted by Crippen LogP contribution is 2.29. The second kappa shape index (κ2) is 6.29. The molecule has 0 unspecified atom stereocenters. The first kappa shape index (κ1) is 14.2. The first-order valence-electron chi connectivity index (χ1n) is 5.52. The molecular formula is C14H10Cl3NO. The van der Waals surface area contributed by atoms with Gasteiger partial charge in [0.2, 0.25) is 0 Å². The van der Waals surface area contributed by atoms with Crippen molar-refractivity contribution in [2.75, 3.05) is 5.32 Å². The molecule has 2 nitrogen and oxygen atoms in total. The zero-order valence-corrected chi connectivity index (χ0v) is 12.1. The van der Waals surface area contributed by atoms with Crippen molar-refractivity contribution >= 4 is 46.4 Å². The van der Waals surface area contributed by atoms with Gasteiger partial charge in [0.15, 0.2) is 0 Å². The highest BCUT2D eigenvalue weighted by atomic mass is 35.5. The van der Waals surface area contributed by atoms with Gasteiger partial charge in [0, 0.05) is 11.4 Å². The third-order valence-corrected chi connectivity index (χ3v) is 3.67. The maximum absolute atomic E-state index is 12.1. The van der Waals surface area contributed by atoms with Gasteiger partial charge in [-0.1, -0.05) is 41.4 Å². The Bertz CT molecular complexity index is 613. The first-order valence-corrected chi connectivity index (χ1v) is 6.81. The summed E-state index contributed by atoms with van der Waals surface area (Å²) in [6.07, 6.45) is 0. The van der Waals surface area contributed by atoms with E-state index in [2.05, 4.69) is 5.32 Å². The Morgan fingerprint density at radius 3 is 2.58 bits per heavy atom. The highest BCUT2D eigenvalue weighted by molar-refractivity contribution is 6.44. The predicted molar refractivity (Wildman–Crippen MR) is 80.4 cm³/mol. The average molecular weight is 315 g/mol. The van der Waals surface area contributed by atoms with E-state index in [1.807, 2.05) is 6.07 Å². The van der Waals surface area contributed by atoms with Gasteiger partial charge in [-0.05, 0) is 29.8 Å². The molecule has 98 valence electrons. The number of nitrogens with one attached hydrogen (secondary N) is 1. The number of carbonyl (C=O) groups is 1. The van der Waals surface area contributed by atoms with E-state index in [-0.39, 0.29) is 5.91 Å². The Hall–Kier alpha value is -1.22. The van der Waals surface area contributed by atoms with Crippen LogP contribution in [0.25, 0.3) is 0 Å². The topological polar surface area (TPSA) is 29.1 Å². The number of rotatable bonds is 3. The van der Waals surface area contributed by atoms with Crippen LogP contribution in [-0.4, -0.2) is 5.91 Å². The summed E-state index contributed by atoms with van der Waals surface area (Å²) in [4.78, 5) is 12.1. The van der Waals surface area contributed by atoms with Gasteiger partial charge in [-0.15, -0.1) is 11.6 Å². The maximum atomic E-state index is 12.1. The second-order valence-electron chi connectivity index (χ2n) is 3.89. The molecular weight excluding hydrogens is 305 g/mol. The van der Waals surface area contributed by atoms with E-state index in [1.54, 1.807) is 36.4 Å². The number of carbonyl (C=O) groups excluding carboxylic acids is 1. The van der Waals surface area contributed by atoms with E-state index >= 15 is 0 Å². The molecule has 2 aromatic carbocycles. The van der Waals surface area contributed by atoms with E-state index in [4.69, 9.17) is 34.8 Å². The summed E-state index contributed by atoms with van der Waals surface area (Å²) in [7, 11) is 0. The van der Waals surface area contributed by atoms with Crippen molar-refractivity contribution in [1.82, 2.24) is 0 Å². The first-order chi connectivity index (χ1) is 9.11. The molecule has 0 radical (unpaired) electrons. The Labute approximate surface area is 126 Å². The minimum Gasteiger partial charge on any atom is -0.321 e. The van der Waals surface area contributed by atoms with Crippen LogP contribution in [-0.2, 0) is 5.88 Å². The van der Waals surface area contributed by atoms with Crippen molar-refractivity contribution in [2.24, 2.45) is 0 Å². The molecule has 0 spiro atoms. The van der Waals surface area contributed by atoms with Crippen molar-refractivity contribution in [3.63, 3.8) is 0 Å². The van der Waals surface area contributed by atoms with Crippen LogP contribution in [0.1, 0.15) is 15.9 Å². The van der Waals surface area contributed by atoms with Gasteiger partial charge in [0.25, 0.3) is 5.91 Å². The SMILES string of the molecule is O=C(Nc1cccc(Cl)c1Cl)c1cccc(CCl)c1. The van der Waals surface area contributed by atoms with Crippen LogP contribution in [0.2, 0.25) is 10.0 Å². The lowest BCUT2D eigenvalue weighted by Gasteiger charge is -2.08. The molecule has 1 amide bonds. The number of benzene rings is 2. The highest BCUT2D eigenvalue weighted by Gasteiger charge is 2.10. The van der Waals surface area contributed by atoms with Gasteiger partial charge < -0.3 is 5.32 Å². The molecule has 2 aromatic rings. The molecule has 0 saturated heterocycles. The fraction of sp³-hybridized carbons (Fsp3) is 0.0714. The van der Waals surface area contributed by atoms with E-state index in [0.29, 0.717) is 27.2 Å². The summed E-state index contributed by atoms with van der Waals surface area (Å²) in [6.45, 7) is 0. The standard InChI is InChI=1S/C14H10Cl3NO/c15-8-9-3-1-4-10(7-9)14(19)18-12-6-2-5-11(16)13(12)17/h1-7H,8H2,(H,18,19). The lowest BCUT2D eigenvalue weighted by molar-refractivity contribution is 0.102. The molecule has 5 heteroatoms. The molecule has 2 rings (SSSR count). The van der Waals surface area contributed by atoms with E-state index in [9.17, 15) is 4.79 Å². The van der Waals surface area contributed by atoms with Crippen molar-refractivity contribution in [3.05, 3.63) is 63.6 Å². The molecule has 1 N–H and O–H groups in total. The Kier molecular flexibility index (Phi) is 4.70. The summed E-state index contributed by atoms with van der Waals surface area (Å²) in [5.74, 6) is 0.107. The Balaban J connectivity index is 2.23. The van der Waals surface area contributed by atoms with Crippen molar-refractivity contribution in [1.29, 1.82) is 0 Å². The van der Waals surface area contributed by atoms with Gasteiger partial charge in [-0.2, -0.15) is 0 Å². The average Bonchev–Trinajstić information content (AvgIpc) is 2.44. The van der Waals surface area contributed by atoms with Crippen LogP contribution < -0.4 is 5.32 Å². The minimum absolute atomic E-state index is 0.254. The normalized spacial score (nSPS) is 10.3. The van der Waals surface area contributed by atoms with Crippen LogP contribution in [0.5, 0.6) is 0 Å². The number of amides is 1. The zero-order valence-electron chi connectivity index (χ0n) is 9.79. The summed E-state index contributed by atoms with van der Waals surface area (Å²) < 4.78 is 0. The number of halogens is 3. The summed E-state index contributed by atoms with van der Waals surface area (Å²) in [5.41, 5.74) is 1.89. The monoisotopic (exact) mass is 313 g/mol. The van der Waals surface area contributed by atoms with Crippen LogP contribution >= 0.6 is 34.8 Å². The van der Waals surface area contributed by atoms with Crippen LogP contribution in [0.15, 0.2) is 42.5 Å². The van der Waals surface area contributed by atoms with E-state index < -0.39 is 0 Å². The third kappa shape index (κ3) is 3.41. The zero-order chi connectivity index (χ0) is 13.8. The molecule has 0 atom stereocenters. The molecule has 0 heterocycles.